The minimum absolute atomic E-state index is 0.110. The molecule has 0 aliphatic carbocycles. The molecule has 0 heterocycles. The van der Waals surface area contributed by atoms with Crippen molar-refractivity contribution in [3.05, 3.63) is 0 Å². The van der Waals surface area contributed by atoms with E-state index in [-0.39, 0.29) is 11.9 Å². The summed E-state index contributed by atoms with van der Waals surface area (Å²) < 4.78 is 0. The molecule has 2 amide bonds. The van der Waals surface area contributed by atoms with Crippen molar-refractivity contribution in [3.8, 4) is 0 Å². The molecule has 0 rings (SSSR count). The normalized spacial score (nSPS) is 12.4. The van der Waals surface area contributed by atoms with Crippen molar-refractivity contribution < 1.29 is 9.59 Å². The van der Waals surface area contributed by atoms with E-state index in [1.54, 1.807) is 6.92 Å². The van der Waals surface area contributed by atoms with Gasteiger partial charge in [-0.15, -0.1) is 0 Å². The average Bonchev–Trinajstić information content (AvgIpc) is 1.86. The fraction of sp³-hybridized carbons (Fsp3) is 0.714. The molecule has 0 aromatic carbocycles. The first-order valence-corrected chi connectivity index (χ1v) is 3.58. The number of hydrogen-bond donors (Lipinski definition) is 2. The highest BCUT2D eigenvalue weighted by atomic mass is 16.2. The fourth-order valence-electron chi connectivity index (χ4n) is 0.587. The monoisotopic (exact) mass is 158 g/mol. The zero-order valence-electron chi connectivity index (χ0n) is 7.05. The Kier molecular flexibility index (Phi) is 4.26. The molecule has 64 valence electrons. The molecule has 4 heteroatoms. The van der Waals surface area contributed by atoms with Gasteiger partial charge >= 0.3 is 0 Å². The van der Waals surface area contributed by atoms with Crippen LogP contribution in [0.25, 0.3) is 0 Å². The van der Waals surface area contributed by atoms with E-state index in [9.17, 15) is 9.59 Å². The molecule has 1 atom stereocenters. The lowest BCUT2D eigenvalue weighted by Gasteiger charge is -2.12. The van der Waals surface area contributed by atoms with Crippen molar-refractivity contribution in [3.63, 3.8) is 0 Å². The third-order valence-corrected chi connectivity index (χ3v) is 1.14. The number of hydrogen-bond acceptors (Lipinski definition) is 2. The Morgan fingerprint density at radius 2 is 1.91 bits per heavy atom. The van der Waals surface area contributed by atoms with Crippen LogP contribution >= 0.6 is 0 Å². The number of carbonyl (C=O) groups is 2. The zero-order valence-corrected chi connectivity index (χ0v) is 7.05. The minimum Gasteiger partial charge on any atom is -0.352 e. The van der Waals surface area contributed by atoms with Crippen molar-refractivity contribution in [2.45, 2.75) is 32.9 Å². The summed E-state index contributed by atoms with van der Waals surface area (Å²) >= 11 is 0. The quantitative estimate of drug-likeness (QED) is 0.549. The van der Waals surface area contributed by atoms with E-state index in [0.717, 1.165) is 0 Å². The van der Waals surface area contributed by atoms with Crippen LogP contribution in [0.5, 0.6) is 0 Å². The van der Waals surface area contributed by atoms with E-state index < -0.39 is 6.04 Å². The molecule has 2 N–H and O–H groups in total. The molecular formula is C7H14N2O2. The number of amides is 2. The van der Waals surface area contributed by atoms with Gasteiger partial charge in [-0.2, -0.15) is 0 Å². The van der Waals surface area contributed by atoms with Crippen LogP contribution in [0.15, 0.2) is 0 Å². The van der Waals surface area contributed by atoms with Gasteiger partial charge in [0.2, 0.25) is 12.3 Å². The number of rotatable bonds is 4. The van der Waals surface area contributed by atoms with Crippen LogP contribution in [-0.2, 0) is 9.59 Å². The molecule has 0 aromatic rings. The topological polar surface area (TPSA) is 58.2 Å². The van der Waals surface area contributed by atoms with Gasteiger partial charge < -0.3 is 10.6 Å². The predicted molar refractivity (Wildman–Crippen MR) is 41.9 cm³/mol. The second-order valence-corrected chi connectivity index (χ2v) is 2.67. The second kappa shape index (κ2) is 4.71. The lowest BCUT2D eigenvalue weighted by molar-refractivity contribution is -0.125. The van der Waals surface area contributed by atoms with Crippen molar-refractivity contribution in [2.75, 3.05) is 0 Å². The SMILES string of the molecule is CC(C)NC(=O)C(C)NC=O. The van der Waals surface area contributed by atoms with Crippen LogP contribution in [0.3, 0.4) is 0 Å². The Morgan fingerprint density at radius 3 is 2.27 bits per heavy atom. The van der Waals surface area contributed by atoms with Gasteiger partial charge in [-0.3, -0.25) is 9.59 Å². The summed E-state index contributed by atoms with van der Waals surface area (Å²) in [5, 5.41) is 5.03. The van der Waals surface area contributed by atoms with Gasteiger partial charge in [0, 0.05) is 6.04 Å². The van der Waals surface area contributed by atoms with E-state index in [4.69, 9.17) is 0 Å². The number of nitrogens with one attached hydrogen (secondary N) is 2. The highest BCUT2D eigenvalue weighted by Crippen LogP contribution is 1.82. The van der Waals surface area contributed by atoms with Gasteiger partial charge in [-0.05, 0) is 20.8 Å². The maximum atomic E-state index is 11.0. The van der Waals surface area contributed by atoms with Crippen LogP contribution in [0, 0.1) is 0 Å². The lowest BCUT2D eigenvalue weighted by Crippen LogP contribution is -2.44. The summed E-state index contributed by atoms with van der Waals surface area (Å²) in [6, 6.07) is -0.340. The molecule has 0 radical (unpaired) electrons. The van der Waals surface area contributed by atoms with Crippen LogP contribution in [0.1, 0.15) is 20.8 Å². The van der Waals surface area contributed by atoms with Crippen LogP contribution in [0.2, 0.25) is 0 Å². The van der Waals surface area contributed by atoms with Gasteiger partial charge in [0.05, 0.1) is 0 Å². The first kappa shape index (κ1) is 9.94. The first-order valence-electron chi connectivity index (χ1n) is 3.58. The Morgan fingerprint density at radius 1 is 1.36 bits per heavy atom. The third-order valence-electron chi connectivity index (χ3n) is 1.14. The molecule has 0 fully saturated rings. The molecule has 0 aliphatic heterocycles. The minimum atomic E-state index is -0.449. The predicted octanol–water partition coefficient (Wildman–Crippen LogP) is -0.355. The van der Waals surface area contributed by atoms with E-state index in [0.29, 0.717) is 6.41 Å². The van der Waals surface area contributed by atoms with Gasteiger partial charge in [0.1, 0.15) is 6.04 Å². The Balaban J connectivity index is 3.72. The van der Waals surface area contributed by atoms with E-state index in [1.165, 1.54) is 0 Å². The van der Waals surface area contributed by atoms with E-state index >= 15 is 0 Å². The summed E-state index contributed by atoms with van der Waals surface area (Å²) in [6.45, 7) is 5.36. The van der Waals surface area contributed by atoms with E-state index in [2.05, 4.69) is 10.6 Å². The molecule has 4 nitrogen and oxygen atoms in total. The largest absolute Gasteiger partial charge is 0.352 e. The van der Waals surface area contributed by atoms with Gasteiger partial charge in [-0.25, -0.2) is 0 Å². The van der Waals surface area contributed by atoms with Crippen molar-refractivity contribution >= 4 is 12.3 Å². The highest BCUT2D eigenvalue weighted by molar-refractivity contribution is 5.83. The van der Waals surface area contributed by atoms with Crippen molar-refractivity contribution in [1.82, 2.24) is 10.6 Å². The van der Waals surface area contributed by atoms with Gasteiger partial charge in [0.15, 0.2) is 0 Å². The Hall–Kier alpha value is -1.06. The molecule has 0 saturated carbocycles. The van der Waals surface area contributed by atoms with Crippen molar-refractivity contribution in [2.24, 2.45) is 0 Å². The average molecular weight is 158 g/mol. The maximum Gasteiger partial charge on any atom is 0.242 e. The highest BCUT2D eigenvalue weighted by Gasteiger charge is 2.10. The van der Waals surface area contributed by atoms with Crippen molar-refractivity contribution in [1.29, 1.82) is 0 Å². The zero-order chi connectivity index (χ0) is 8.85. The number of carbonyl (C=O) groups excluding carboxylic acids is 2. The second-order valence-electron chi connectivity index (χ2n) is 2.67. The summed E-state index contributed by atoms with van der Waals surface area (Å²) in [6.07, 6.45) is 0.518. The lowest BCUT2D eigenvalue weighted by atomic mass is 10.3. The first-order chi connectivity index (χ1) is 5.07. The Labute approximate surface area is 66.4 Å². The summed E-state index contributed by atoms with van der Waals surface area (Å²) in [7, 11) is 0. The molecule has 1 unspecified atom stereocenters. The Bertz CT molecular complexity index is 145. The summed E-state index contributed by atoms with van der Waals surface area (Å²) in [5.74, 6) is -0.160. The standard InChI is InChI=1S/C7H14N2O2/c1-5(2)9-7(11)6(3)8-4-10/h4-6H,1-3H3,(H,8,10)(H,9,11). The molecule has 0 saturated heterocycles. The molecule has 0 aliphatic rings. The summed E-state index contributed by atoms with van der Waals surface area (Å²) in [5.41, 5.74) is 0. The van der Waals surface area contributed by atoms with Crippen LogP contribution < -0.4 is 10.6 Å². The molecule has 0 spiro atoms. The maximum absolute atomic E-state index is 11.0. The summed E-state index contributed by atoms with van der Waals surface area (Å²) in [4.78, 5) is 20.9. The molecule has 0 bridgehead atoms. The van der Waals surface area contributed by atoms with E-state index in [1.807, 2.05) is 13.8 Å². The molecular weight excluding hydrogens is 144 g/mol. The fourth-order valence-corrected chi connectivity index (χ4v) is 0.587. The third kappa shape index (κ3) is 4.36. The van der Waals surface area contributed by atoms with Crippen LogP contribution in [-0.4, -0.2) is 24.4 Å². The molecule has 11 heavy (non-hydrogen) atoms. The van der Waals surface area contributed by atoms with Gasteiger partial charge in [-0.1, -0.05) is 0 Å². The smallest absolute Gasteiger partial charge is 0.242 e. The van der Waals surface area contributed by atoms with Gasteiger partial charge in [0.25, 0.3) is 0 Å². The van der Waals surface area contributed by atoms with Crippen LogP contribution in [0.4, 0.5) is 0 Å². The molecule has 0 aromatic heterocycles.